The van der Waals surface area contributed by atoms with Gasteiger partial charge in [0, 0.05) is 25.2 Å². The third kappa shape index (κ3) is 4.27. The van der Waals surface area contributed by atoms with Gasteiger partial charge in [0.15, 0.2) is 0 Å². The second-order valence-electron chi connectivity index (χ2n) is 10.9. The van der Waals surface area contributed by atoms with Gasteiger partial charge in [-0.25, -0.2) is 17.9 Å². The van der Waals surface area contributed by atoms with Crippen molar-refractivity contribution >= 4 is 22.0 Å². The minimum atomic E-state index is -3.47. The highest BCUT2D eigenvalue weighted by molar-refractivity contribution is 7.90. The number of hydrogen-bond donors (Lipinski definition) is 1. The molecule has 7 nitrogen and oxygen atoms in total. The Morgan fingerprint density at radius 1 is 1.03 bits per heavy atom. The monoisotopic (exact) mass is 439 g/mol. The molecule has 4 fully saturated rings. The fraction of sp³-hybridized carbons (Fsp3) is 0.909. The lowest BCUT2D eigenvalue weighted by molar-refractivity contribution is -0.139. The Balaban J connectivity index is 1.50. The Morgan fingerprint density at radius 3 is 2.27 bits per heavy atom. The van der Waals surface area contributed by atoms with Crippen LogP contribution in [0, 0.1) is 23.7 Å². The van der Waals surface area contributed by atoms with Crippen LogP contribution in [0.15, 0.2) is 0 Å². The first-order chi connectivity index (χ1) is 14.0. The molecule has 0 aromatic rings. The number of urea groups is 1. The third-order valence-corrected chi connectivity index (χ3v) is 9.99. The molecule has 0 spiro atoms. The third-order valence-electron chi connectivity index (χ3n) is 7.90. The lowest BCUT2D eigenvalue weighted by Crippen LogP contribution is -2.64. The summed E-state index contributed by atoms with van der Waals surface area (Å²) in [5.74, 6) is 1.12. The predicted molar refractivity (Wildman–Crippen MR) is 115 cm³/mol. The Bertz CT molecular complexity index is 799. The fourth-order valence-corrected chi connectivity index (χ4v) is 8.15. The molecule has 0 aromatic carbocycles. The molecule has 5 unspecified atom stereocenters. The average molecular weight is 440 g/mol. The lowest BCUT2D eigenvalue weighted by atomic mass is 9.75. The van der Waals surface area contributed by atoms with Crippen molar-refractivity contribution in [2.24, 2.45) is 23.7 Å². The number of rotatable bonds is 5. The molecule has 1 N–H and O–H groups in total. The zero-order valence-electron chi connectivity index (χ0n) is 18.8. The molecule has 4 rings (SSSR count). The highest BCUT2D eigenvalue weighted by Gasteiger charge is 2.51. The van der Waals surface area contributed by atoms with Crippen LogP contribution in [-0.2, 0) is 14.8 Å². The first-order valence-corrected chi connectivity index (χ1v) is 13.1. The highest BCUT2D eigenvalue weighted by Crippen LogP contribution is 2.41. The van der Waals surface area contributed by atoms with E-state index in [1.807, 2.05) is 11.8 Å². The van der Waals surface area contributed by atoms with Gasteiger partial charge in [0.2, 0.25) is 15.9 Å². The van der Waals surface area contributed by atoms with Gasteiger partial charge in [0.1, 0.15) is 0 Å². The summed E-state index contributed by atoms with van der Waals surface area (Å²) in [5.41, 5.74) is -0.306. The second kappa shape index (κ2) is 7.76. The number of hydrogen-bond acceptors (Lipinski definition) is 4. The van der Waals surface area contributed by atoms with Crippen molar-refractivity contribution in [3.63, 3.8) is 0 Å². The smallest absolute Gasteiger partial charge is 0.320 e. The first-order valence-electron chi connectivity index (χ1n) is 11.6. The van der Waals surface area contributed by atoms with Crippen LogP contribution in [-0.4, -0.2) is 60.6 Å². The second-order valence-corrected chi connectivity index (χ2v) is 12.9. The van der Waals surface area contributed by atoms with E-state index in [1.165, 1.54) is 11.3 Å². The molecule has 5 atom stereocenters. The standard InChI is InChI=1S/C22H37N3O4S/c1-14-9-15(2)11-16(10-14)13-25-19-6-5-17(30(28,29)23-22(3)7-8-22)12-18(19)20(26)24(4)21(25)27/h14-19,23H,5-13H2,1-4H3. The highest BCUT2D eigenvalue weighted by atomic mass is 32.2. The van der Waals surface area contributed by atoms with Gasteiger partial charge in [-0.1, -0.05) is 13.8 Å². The number of imide groups is 1. The van der Waals surface area contributed by atoms with E-state index in [-0.39, 0.29) is 23.5 Å². The Labute approximate surface area is 181 Å². The summed E-state index contributed by atoms with van der Waals surface area (Å²) < 4.78 is 28.7. The van der Waals surface area contributed by atoms with Crippen LogP contribution < -0.4 is 4.72 Å². The van der Waals surface area contributed by atoms with Crippen molar-refractivity contribution in [2.75, 3.05) is 13.6 Å². The van der Waals surface area contributed by atoms with Crippen LogP contribution in [0.4, 0.5) is 4.79 Å². The summed E-state index contributed by atoms with van der Waals surface area (Å²) >= 11 is 0. The maximum Gasteiger partial charge on any atom is 0.326 e. The van der Waals surface area contributed by atoms with Crippen molar-refractivity contribution in [3.05, 3.63) is 0 Å². The summed E-state index contributed by atoms with van der Waals surface area (Å²) in [6, 6.07) is -0.381. The zero-order valence-corrected chi connectivity index (χ0v) is 19.6. The maximum absolute atomic E-state index is 13.0. The quantitative estimate of drug-likeness (QED) is 0.713. The Hall–Kier alpha value is -1.15. The van der Waals surface area contributed by atoms with E-state index >= 15 is 0 Å². The molecule has 0 radical (unpaired) electrons. The zero-order chi connectivity index (χ0) is 21.8. The first kappa shape index (κ1) is 22.1. The molecule has 3 saturated carbocycles. The van der Waals surface area contributed by atoms with Gasteiger partial charge >= 0.3 is 6.03 Å². The van der Waals surface area contributed by atoms with Crippen LogP contribution in [0.1, 0.15) is 72.1 Å². The molecule has 0 bridgehead atoms. The lowest BCUT2D eigenvalue weighted by Gasteiger charge is -2.49. The fourth-order valence-electron chi connectivity index (χ4n) is 6.18. The van der Waals surface area contributed by atoms with E-state index in [9.17, 15) is 18.0 Å². The number of nitrogens with zero attached hydrogens (tertiary/aromatic N) is 2. The SMILES string of the molecule is CC1CC(C)CC(CN2C(=O)N(C)C(=O)C3CC(S(=O)(=O)NC4(C)CC4)CCC32)C1. The molecule has 3 amide bonds. The van der Waals surface area contributed by atoms with Crippen LogP contribution >= 0.6 is 0 Å². The van der Waals surface area contributed by atoms with Crippen molar-refractivity contribution < 1.29 is 18.0 Å². The molecule has 8 heteroatoms. The summed E-state index contributed by atoms with van der Waals surface area (Å²) in [5, 5.41) is -0.557. The normalized spacial score (nSPS) is 39.1. The van der Waals surface area contributed by atoms with Crippen LogP contribution in [0.25, 0.3) is 0 Å². The molecule has 170 valence electrons. The molecule has 1 saturated heterocycles. The van der Waals surface area contributed by atoms with Crippen LogP contribution in [0.3, 0.4) is 0 Å². The van der Waals surface area contributed by atoms with E-state index < -0.39 is 21.2 Å². The van der Waals surface area contributed by atoms with Crippen LogP contribution in [0.2, 0.25) is 0 Å². The summed E-state index contributed by atoms with van der Waals surface area (Å²) in [7, 11) is -1.92. The molecule has 1 heterocycles. The van der Waals surface area contributed by atoms with Gasteiger partial charge in [-0.05, 0) is 76.0 Å². The number of amides is 3. The molecule has 3 aliphatic carbocycles. The van der Waals surface area contributed by atoms with Gasteiger partial charge in [-0.2, -0.15) is 0 Å². The van der Waals surface area contributed by atoms with E-state index in [2.05, 4.69) is 18.6 Å². The molecular weight excluding hydrogens is 402 g/mol. The van der Waals surface area contributed by atoms with Gasteiger partial charge in [0.25, 0.3) is 0 Å². The molecule has 0 aromatic heterocycles. The van der Waals surface area contributed by atoms with E-state index in [0.29, 0.717) is 43.6 Å². The molecule has 4 aliphatic rings. The van der Waals surface area contributed by atoms with E-state index in [1.54, 1.807) is 7.05 Å². The Morgan fingerprint density at radius 2 is 1.67 bits per heavy atom. The largest absolute Gasteiger partial charge is 0.326 e. The number of carbonyl (C=O) groups excluding carboxylic acids is 2. The average Bonchev–Trinajstić information content (AvgIpc) is 3.38. The number of fused-ring (bicyclic) bond motifs is 1. The molecule has 30 heavy (non-hydrogen) atoms. The van der Waals surface area contributed by atoms with Crippen molar-refractivity contribution in [2.45, 2.75) is 89.0 Å². The topological polar surface area (TPSA) is 86.8 Å². The van der Waals surface area contributed by atoms with Crippen LogP contribution in [0.5, 0.6) is 0 Å². The van der Waals surface area contributed by atoms with Crippen molar-refractivity contribution in [1.29, 1.82) is 0 Å². The van der Waals surface area contributed by atoms with E-state index in [4.69, 9.17) is 0 Å². The van der Waals surface area contributed by atoms with Gasteiger partial charge in [-0.3, -0.25) is 9.69 Å². The summed E-state index contributed by atoms with van der Waals surface area (Å²) in [6.45, 7) is 7.17. The van der Waals surface area contributed by atoms with Crippen molar-refractivity contribution in [1.82, 2.24) is 14.5 Å². The van der Waals surface area contributed by atoms with Gasteiger partial charge in [-0.15, -0.1) is 0 Å². The van der Waals surface area contributed by atoms with E-state index in [0.717, 1.165) is 25.7 Å². The van der Waals surface area contributed by atoms with Gasteiger partial charge < -0.3 is 4.90 Å². The maximum atomic E-state index is 13.0. The number of nitrogens with one attached hydrogen (secondary N) is 1. The summed E-state index contributed by atoms with van der Waals surface area (Å²) in [6.07, 6.45) is 6.59. The Kier molecular flexibility index (Phi) is 5.71. The van der Waals surface area contributed by atoms with Crippen molar-refractivity contribution in [3.8, 4) is 0 Å². The summed E-state index contributed by atoms with van der Waals surface area (Å²) in [4.78, 5) is 29.1. The number of carbonyl (C=O) groups is 2. The number of sulfonamides is 1. The minimum absolute atomic E-state index is 0.170. The minimum Gasteiger partial charge on any atom is -0.320 e. The van der Waals surface area contributed by atoms with Gasteiger partial charge in [0.05, 0.1) is 11.2 Å². The molecular formula is C22H37N3O4S. The molecule has 1 aliphatic heterocycles. The predicted octanol–water partition coefficient (Wildman–Crippen LogP) is 2.96.